The van der Waals surface area contributed by atoms with Crippen LogP contribution >= 0.6 is 0 Å². The lowest BCUT2D eigenvalue weighted by Gasteiger charge is -2.14. The number of alkyl carbamates (subject to hydrolysis) is 1. The summed E-state index contributed by atoms with van der Waals surface area (Å²) in [5.74, 6) is -1.74. The number of carbonyl (C=O) groups is 3. The molecule has 3 aromatic rings. The van der Waals surface area contributed by atoms with Crippen molar-refractivity contribution in [1.82, 2.24) is 10.3 Å². The van der Waals surface area contributed by atoms with Crippen molar-refractivity contribution < 1.29 is 24.2 Å². The van der Waals surface area contributed by atoms with Gasteiger partial charge in [-0.3, -0.25) is 9.59 Å². The Labute approximate surface area is 183 Å². The fourth-order valence-electron chi connectivity index (χ4n) is 2.80. The van der Waals surface area contributed by atoms with E-state index in [1.165, 1.54) is 19.1 Å². The first-order valence-electron chi connectivity index (χ1n) is 9.68. The summed E-state index contributed by atoms with van der Waals surface area (Å²) < 4.78 is 5.10. The van der Waals surface area contributed by atoms with E-state index in [2.05, 4.69) is 15.6 Å². The molecule has 0 saturated carbocycles. The van der Waals surface area contributed by atoms with Gasteiger partial charge in [-0.15, -0.1) is 0 Å². The van der Waals surface area contributed by atoms with E-state index in [1.54, 1.807) is 24.3 Å². The summed E-state index contributed by atoms with van der Waals surface area (Å²) in [6.07, 6.45) is -0.708. The lowest BCUT2D eigenvalue weighted by molar-refractivity contribution is -0.117. The van der Waals surface area contributed by atoms with Crippen LogP contribution in [0.15, 0.2) is 71.5 Å². The summed E-state index contributed by atoms with van der Waals surface area (Å²) in [6.45, 7) is 1.63. The normalized spacial score (nSPS) is 11.3. The van der Waals surface area contributed by atoms with Crippen molar-refractivity contribution >= 4 is 23.7 Å². The zero-order chi connectivity index (χ0) is 23.1. The minimum atomic E-state index is -1.30. The number of carbonyl (C=O) groups excluding carboxylic acids is 2. The zero-order valence-electron chi connectivity index (χ0n) is 17.1. The summed E-state index contributed by atoms with van der Waals surface area (Å²) in [5.41, 5.74) is 1.34. The van der Waals surface area contributed by atoms with Crippen molar-refractivity contribution in [3.63, 3.8) is 0 Å². The summed E-state index contributed by atoms with van der Waals surface area (Å²) in [4.78, 5) is 49.5. The number of rotatable bonds is 7. The Morgan fingerprint density at radius 2 is 1.69 bits per heavy atom. The van der Waals surface area contributed by atoms with E-state index in [0.29, 0.717) is 16.9 Å². The number of aromatic amines is 1. The van der Waals surface area contributed by atoms with Crippen molar-refractivity contribution in [2.75, 3.05) is 5.32 Å². The van der Waals surface area contributed by atoms with E-state index in [0.717, 1.165) is 5.56 Å². The molecule has 164 valence electrons. The SMILES string of the molecule is C[C@H](NC(=O)OCc1ccccc1)C(=O)Nc1ccc(-c2ccc(C(=O)O)c(=O)[nH]2)cc1. The molecule has 9 nitrogen and oxygen atoms in total. The number of H-pyrrole nitrogens is 1. The topological polar surface area (TPSA) is 138 Å². The largest absolute Gasteiger partial charge is 0.477 e. The van der Waals surface area contributed by atoms with Gasteiger partial charge in [0.25, 0.3) is 5.56 Å². The standard InChI is InChI=1S/C23H21N3O6/c1-14(24-23(31)32-13-15-5-3-2-4-6-15)20(27)25-17-9-7-16(8-10-17)19-12-11-18(22(29)30)21(28)26-19/h2-12,14H,13H2,1H3,(H,24,31)(H,25,27)(H,26,28)(H,29,30)/t14-/m0/s1. The number of amides is 2. The number of hydrogen-bond acceptors (Lipinski definition) is 5. The average molecular weight is 435 g/mol. The molecule has 0 fully saturated rings. The second-order valence-corrected chi connectivity index (χ2v) is 6.91. The van der Waals surface area contributed by atoms with Crippen molar-refractivity contribution in [3.8, 4) is 11.3 Å². The molecule has 0 radical (unpaired) electrons. The van der Waals surface area contributed by atoms with Gasteiger partial charge in [0.2, 0.25) is 5.91 Å². The van der Waals surface area contributed by atoms with Gasteiger partial charge in [-0.1, -0.05) is 42.5 Å². The third kappa shape index (κ3) is 5.82. The Morgan fingerprint density at radius 3 is 2.31 bits per heavy atom. The van der Waals surface area contributed by atoms with Crippen molar-refractivity contribution in [3.05, 3.63) is 88.2 Å². The maximum Gasteiger partial charge on any atom is 0.408 e. The number of pyridine rings is 1. The van der Waals surface area contributed by atoms with Gasteiger partial charge in [-0.2, -0.15) is 0 Å². The average Bonchev–Trinajstić information content (AvgIpc) is 2.78. The van der Waals surface area contributed by atoms with Crippen LogP contribution in [0.25, 0.3) is 11.3 Å². The van der Waals surface area contributed by atoms with Crippen molar-refractivity contribution in [2.24, 2.45) is 0 Å². The third-order valence-electron chi connectivity index (χ3n) is 4.54. The minimum Gasteiger partial charge on any atom is -0.477 e. The van der Waals surface area contributed by atoms with Gasteiger partial charge in [-0.25, -0.2) is 9.59 Å². The van der Waals surface area contributed by atoms with E-state index in [-0.39, 0.29) is 12.2 Å². The maximum absolute atomic E-state index is 12.3. The fraction of sp³-hybridized carbons (Fsp3) is 0.130. The van der Waals surface area contributed by atoms with Gasteiger partial charge < -0.3 is 25.5 Å². The number of nitrogens with one attached hydrogen (secondary N) is 3. The highest BCUT2D eigenvalue weighted by Gasteiger charge is 2.17. The van der Waals surface area contributed by atoms with Gasteiger partial charge >= 0.3 is 12.1 Å². The predicted octanol–water partition coefficient (Wildman–Crippen LogP) is 2.99. The fourth-order valence-corrected chi connectivity index (χ4v) is 2.80. The van der Waals surface area contributed by atoms with Crippen LogP contribution in [0.5, 0.6) is 0 Å². The molecular weight excluding hydrogens is 414 g/mol. The number of carboxylic acids is 1. The first kappa shape index (κ1) is 22.3. The van der Waals surface area contributed by atoms with Crippen molar-refractivity contribution in [1.29, 1.82) is 0 Å². The highest BCUT2D eigenvalue weighted by molar-refractivity contribution is 5.96. The molecule has 2 aromatic carbocycles. The Hall–Kier alpha value is -4.40. The van der Waals surface area contributed by atoms with Crippen molar-refractivity contribution in [2.45, 2.75) is 19.6 Å². The Bertz CT molecular complexity index is 1170. The van der Waals surface area contributed by atoms with Crippen LogP contribution in [0.4, 0.5) is 10.5 Å². The summed E-state index contributed by atoms with van der Waals surface area (Å²) in [5, 5.41) is 14.1. The maximum atomic E-state index is 12.3. The highest BCUT2D eigenvalue weighted by Crippen LogP contribution is 2.19. The number of aromatic nitrogens is 1. The van der Waals surface area contributed by atoms with Crippen LogP contribution in [0, 0.1) is 0 Å². The van der Waals surface area contributed by atoms with Crippen LogP contribution in [0.1, 0.15) is 22.8 Å². The Kier molecular flexibility index (Phi) is 7.02. The molecule has 0 bridgehead atoms. The molecule has 1 aromatic heterocycles. The second-order valence-electron chi connectivity index (χ2n) is 6.91. The molecule has 4 N–H and O–H groups in total. The molecule has 0 spiro atoms. The third-order valence-corrected chi connectivity index (χ3v) is 4.54. The smallest absolute Gasteiger partial charge is 0.408 e. The van der Waals surface area contributed by atoms with Crippen LogP contribution < -0.4 is 16.2 Å². The quantitative estimate of drug-likeness (QED) is 0.450. The monoisotopic (exact) mass is 435 g/mol. The summed E-state index contributed by atoms with van der Waals surface area (Å²) in [6, 6.07) is 17.6. The molecule has 0 unspecified atom stereocenters. The number of ether oxygens (including phenoxy) is 1. The van der Waals surface area contributed by atoms with Gasteiger partial charge in [-0.05, 0) is 42.3 Å². The lowest BCUT2D eigenvalue weighted by Crippen LogP contribution is -2.41. The van der Waals surface area contributed by atoms with E-state index >= 15 is 0 Å². The minimum absolute atomic E-state index is 0.0952. The first-order valence-corrected chi connectivity index (χ1v) is 9.68. The van der Waals surface area contributed by atoms with Gasteiger partial charge in [0.1, 0.15) is 18.2 Å². The van der Waals surface area contributed by atoms with E-state index in [1.807, 2.05) is 30.3 Å². The molecule has 0 aliphatic carbocycles. The zero-order valence-corrected chi connectivity index (χ0v) is 17.1. The molecule has 2 amide bonds. The van der Waals surface area contributed by atoms with E-state index < -0.39 is 29.6 Å². The number of aromatic carboxylic acids is 1. The first-order chi connectivity index (χ1) is 15.3. The molecule has 0 saturated heterocycles. The molecule has 0 aliphatic rings. The lowest BCUT2D eigenvalue weighted by atomic mass is 10.1. The summed E-state index contributed by atoms with van der Waals surface area (Å²) in [7, 11) is 0. The molecule has 3 rings (SSSR count). The number of benzene rings is 2. The second kappa shape index (κ2) is 10.1. The molecule has 9 heteroatoms. The van der Waals surface area contributed by atoms with Crippen LogP contribution in [-0.4, -0.2) is 34.1 Å². The van der Waals surface area contributed by atoms with E-state index in [9.17, 15) is 19.2 Å². The molecular formula is C23H21N3O6. The van der Waals surface area contributed by atoms with Crippen LogP contribution in [-0.2, 0) is 16.1 Å². The van der Waals surface area contributed by atoms with E-state index in [4.69, 9.17) is 9.84 Å². The molecule has 32 heavy (non-hydrogen) atoms. The van der Waals surface area contributed by atoms with Crippen LogP contribution in [0.2, 0.25) is 0 Å². The number of hydrogen-bond donors (Lipinski definition) is 4. The molecule has 1 atom stereocenters. The van der Waals surface area contributed by atoms with Gasteiger partial charge in [0.05, 0.1) is 0 Å². The summed E-state index contributed by atoms with van der Waals surface area (Å²) >= 11 is 0. The van der Waals surface area contributed by atoms with Gasteiger partial charge in [0, 0.05) is 11.4 Å². The van der Waals surface area contributed by atoms with Gasteiger partial charge in [0.15, 0.2) is 0 Å². The Morgan fingerprint density at radius 1 is 1.00 bits per heavy atom. The Balaban J connectivity index is 1.54. The number of anilines is 1. The predicted molar refractivity (Wildman–Crippen MR) is 117 cm³/mol. The van der Waals surface area contributed by atoms with Crippen LogP contribution in [0.3, 0.4) is 0 Å². The number of carboxylic acid groups (broad SMARTS) is 1. The molecule has 0 aliphatic heterocycles. The molecule has 1 heterocycles. The highest BCUT2D eigenvalue weighted by atomic mass is 16.5.